The van der Waals surface area contributed by atoms with Gasteiger partial charge in [-0.25, -0.2) is 4.98 Å². The molecule has 0 aliphatic rings. The zero-order valence-electron chi connectivity index (χ0n) is 19.3. The number of anilines is 2. The van der Waals surface area contributed by atoms with Crippen LogP contribution in [0.3, 0.4) is 0 Å². The number of benzene rings is 2. The number of carbonyl (C=O) groups is 3. The van der Waals surface area contributed by atoms with E-state index in [2.05, 4.69) is 15.6 Å². The Labute approximate surface area is 220 Å². The third kappa shape index (κ3) is 7.03. The Kier molecular flexibility index (Phi) is 8.88. The number of rotatable bonds is 10. The molecule has 1 unspecified atom stereocenters. The zero-order chi connectivity index (χ0) is 25.3. The normalized spacial score (nSPS) is 11.5. The lowest BCUT2D eigenvalue weighted by Gasteiger charge is -2.16. The van der Waals surface area contributed by atoms with Gasteiger partial charge in [-0.3, -0.25) is 14.4 Å². The van der Waals surface area contributed by atoms with Crippen LogP contribution in [0.1, 0.15) is 33.1 Å². The van der Waals surface area contributed by atoms with Crippen molar-refractivity contribution in [2.75, 3.05) is 17.2 Å². The van der Waals surface area contributed by atoms with Gasteiger partial charge in [0.1, 0.15) is 5.25 Å². The van der Waals surface area contributed by atoms with E-state index >= 15 is 0 Å². The van der Waals surface area contributed by atoms with E-state index in [1.54, 1.807) is 18.4 Å². The molecular formula is C26H23N3O4S3. The molecule has 2 heterocycles. The maximum absolute atomic E-state index is 13.3. The predicted octanol–water partition coefficient (Wildman–Crippen LogP) is 6.03. The molecule has 1 atom stereocenters. The van der Waals surface area contributed by atoms with Gasteiger partial charge in [0, 0.05) is 16.0 Å². The van der Waals surface area contributed by atoms with Crippen LogP contribution < -0.4 is 10.6 Å². The van der Waals surface area contributed by atoms with E-state index in [9.17, 15) is 14.4 Å². The number of carbonyl (C=O) groups excluding carboxylic acids is 3. The van der Waals surface area contributed by atoms with Crippen molar-refractivity contribution in [2.45, 2.75) is 23.5 Å². The summed E-state index contributed by atoms with van der Waals surface area (Å²) in [5.41, 5.74) is 2.08. The van der Waals surface area contributed by atoms with Gasteiger partial charge in [-0.2, -0.15) is 0 Å². The Balaban J connectivity index is 1.44. The first kappa shape index (κ1) is 25.6. The molecule has 36 heavy (non-hydrogen) atoms. The maximum atomic E-state index is 13.3. The lowest BCUT2D eigenvalue weighted by molar-refractivity contribution is -0.142. The topological polar surface area (TPSA) is 97.4 Å². The van der Waals surface area contributed by atoms with Crippen molar-refractivity contribution in [1.82, 2.24) is 4.98 Å². The number of esters is 1. The summed E-state index contributed by atoms with van der Waals surface area (Å²) in [7, 11) is 0. The highest BCUT2D eigenvalue weighted by Gasteiger charge is 2.23. The van der Waals surface area contributed by atoms with E-state index in [1.165, 1.54) is 34.4 Å². The summed E-state index contributed by atoms with van der Waals surface area (Å²) in [5.74, 6) is -0.732. The van der Waals surface area contributed by atoms with E-state index < -0.39 is 5.25 Å². The van der Waals surface area contributed by atoms with Crippen LogP contribution in [-0.2, 0) is 20.7 Å². The van der Waals surface area contributed by atoms with Crippen LogP contribution in [0.5, 0.6) is 0 Å². The number of aromatic nitrogens is 1. The summed E-state index contributed by atoms with van der Waals surface area (Å²) in [6.45, 7) is 2.06. The van der Waals surface area contributed by atoms with Gasteiger partial charge in [0.15, 0.2) is 5.13 Å². The molecule has 0 aliphatic heterocycles. The maximum Gasteiger partial charge on any atom is 0.311 e. The van der Waals surface area contributed by atoms with Crippen LogP contribution >= 0.6 is 34.4 Å². The van der Waals surface area contributed by atoms with Crippen LogP contribution in [-0.4, -0.2) is 29.4 Å². The number of hydrogen-bond acceptors (Lipinski definition) is 8. The predicted molar refractivity (Wildman–Crippen MR) is 145 cm³/mol. The average Bonchev–Trinajstić information content (AvgIpc) is 3.57. The molecule has 0 radical (unpaired) electrons. The molecule has 0 spiro atoms. The number of thiophene rings is 1. The van der Waals surface area contributed by atoms with Crippen molar-refractivity contribution in [1.29, 1.82) is 0 Å². The van der Waals surface area contributed by atoms with Crippen LogP contribution in [0.4, 0.5) is 10.8 Å². The van der Waals surface area contributed by atoms with Crippen LogP contribution in [0, 0.1) is 0 Å². The Morgan fingerprint density at radius 3 is 2.44 bits per heavy atom. The molecule has 4 rings (SSSR count). The fraction of sp³-hybridized carbons (Fsp3) is 0.154. The minimum absolute atomic E-state index is 0.0619. The van der Waals surface area contributed by atoms with Crippen molar-refractivity contribution >= 4 is 63.0 Å². The number of ether oxygens (including phenoxy) is 1. The van der Waals surface area contributed by atoms with E-state index in [1.807, 2.05) is 66.0 Å². The van der Waals surface area contributed by atoms with Crippen molar-refractivity contribution in [3.63, 3.8) is 0 Å². The van der Waals surface area contributed by atoms with Gasteiger partial charge in [0.25, 0.3) is 5.91 Å². The fourth-order valence-electron chi connectivity index (χ4n) is 3.23. The highest BCUT2D eigenvalue weighted by atomic mass is 32.2. The SMILES string of the molecule is CCOC(=O)Cc1csc(NC(=O)C(Sc2ccc(NC(=O)c3cccs3)cc2)c2ccccc2)n1. The van der Waals surface area contributed by atoms with Crippen LogP contribution in [0.25, 0.3) is 0 Å². The number of nitrogens with one attached hydrogen (secondary N) is 2. The molecule has 0 fully saturated rings. The third-order valence-electron chi connectivity index (χ3n) is 4.86. The lowest BCUT2D eigenvalue weighted by Crippen LogP contribution is -2.19. The Morgan fingerprint density at radius 2 is 1.75 bits per heavy atom. The van der Waals surface area contributed by atoms with Crippen LogP contribution in [0.2, 0.25) is 0 Å². The Bertz CT molecular complexity index is 1310. The smallest absolute Gasteiger partial charge is 0.311 e. The van der Waals surface area contributed by atoms with Crippen molar-refractivity contribution in [2.24, 2.45) is 0 Å². The van der Waals surface area contributed by atoms with Crippen molar-refractivity contribution in [3.05, 3.63) is 93.6 Å². The van der Waals surface area contributed by atoms with Gasteiger partial charge in [-0.05, 0) is 48.2 Å². The Morgan fingerprint density at radius 1 is 0.972 bits per heavy atom. The van der Waals surface area contributed by atoms with E-state index in [-0.39, 0.29) is 24.2 Å². The van der Waals surface area contributed by atoms with E-state index in [4.69, 9.17) is 4.74 Å². The van der Waals surface area contributed by atoms with Crippen LogP contribution in [0.15, 0.2) is 82.4 Å². The standard InChI is InChI=1S/C26H23N3O4S3/c1-2-33-22(30)15-19-16-35-26(28-19)29-25(32)23(17-7-4-3-5-8-17)36-20-12-10-18(11-13-20)27-24(31)21-9-6-14-34-21/h3-14,16,23H,2,15H2,1H3,(H,27,31)(H,28,29,32). The molecule has 7 nitrogen and oxygen atoms in total. The monoisotopic (exact) mass is 537 g/mol. The summed E-state index contributed by atoms with van der Waals surface area (Å²) in [6.07, 6.45) is 0.0619. The minimum atomic E-state index is -0.532. The molecule has 0 saturated carbocycles. The molecule has 2 aromatic heterocycles. The second-order valence-electron chi connectivity index (χ2n) is 7.48. The molecule has 10 heteroatoms. The molecule has 0 bridgehead atoms. The summed E-state index contributed by atoms with van der Waals surface area (Å²) in [6, 6.07) is 20.5. The number of thioether (sulfide) groups is 1. The first-order valence-electron chi connectivity index (χ1n) is 11.1. The molecule has 184 valence electrons. The van der Waals surface area contributed by atoms with Crippen molar-refractivity contribution in [3.8, 4) is 0 Å². The largest absolute Gasteiger partial charge is 0.466 e. The molecule has 2 N–H and O–H groups in total. The summed E-state index contributed by atoms with van der Waals surface area (Å²) in [5, 5.41) is 9.24. The molecule has 0 aliphatic carbocycles. The third-order valence-corrected chi connectivity index (χ3v) is 7.81. The molecule has 2 aromatic carbocycles. The number of nitrogens with zero attached hydrogens (tertiary/aromatic N) is 1. The highest BCUT2D eigenvalue weighted by molar-refractivity contribution is 8.00. The average molecular weight is 538 g/mol. The number of hydrogen-bond donors (Lipinski definition) is 2. The van der Waals surface area contributed by atoms with Gasteiger partial charge in [0.2, 0.25) is 5.91 Å². The minimum Gasteiger partial charge on any atom is -0.466 e. The van der Waals surface area contributed by atoms with Crippen molar-refractivity contribution < 1.29 is 19.1 Å². The molecule has 2 amide bonds. The second-order valence-corrected chi connectivity index (χ2v) is 10.5. The molecule has 0 saturated heterocycles. The zero-order valence-corrected chi connectivity index (χ0v) is 21.8. The summed E-state index contributed by atoms with van der Waals surface area (Å²) in [4.78, 5) is 43.1. The number of amides is 2. The Hall–Kier alpha value is -3.47. The quantitative estimate of drug-likeness (QED) is 0.189. The molecular weight excluding hydrogens is 515 g/mol. The van der Waals surface area contributed by atoms with Gasteiger partial charge in [-0.1, -0.05) is 36.4 Å². The lowest BCUT2D eigenvalue weighted by atomic mass is 10.1. The van der Waals surface area contributed by atoms with E-state index in [0.29, 0.717) is 28.0 Å². The van der Waals surface area contributed by atoms with Gasteiger partial charge < -0.3 is 15.4 Å². The van der Waals surface area contributed by atoms with Gasteiger partial charge in [0.05, 0.1) is 23.6 Å². The first-order chi connectivity index (χ1) is 17.5. The first-order valence-corrected chi connectivity index (χ1v) is 13.7. The fourth-order valence-corrected chi connectivity index (χ4v) is 5.59. The van der Waals surface area contributed by atoms with E-state index in [0.717, 1.165) is 10.5 Å². The summed E-state index contributed by atoms with van der Waals surface area (Å²) < 4.78 is 4.96. The summed E-state index contributed by atoms with van der Waals surface area (Å²) >= 11 is 4.04. The molecule has 4 aromatic rings. The highest BCUT2D eigenvalue weighted by Crippen LogP contribution is 2.37. The van der Waals surface area contributed by atoms with Gasteiger partial charge >= 0.3 is 5.97 Å². The second kappa shape index (κ2) is 12.5. The van der Waals surface area contributed by atoms with Gasteiger partial charge in [-0.15, -0.1) is 34.4 Å². The number of thiazole rings is 1.